The van der Waals surface area contributed by atoms with Gasteiger partial charge in [0, 0.05) is 43.5 Å². The topological polar surface area (TPSA) is 39.1 Å². The molecule has 1 aromatic heterocycles. The van der Waals surface area contributed by atoms with E-state index in [0.29, 0.717) is 6.04 Å². The number of nitrogens with zero attached hydrogens (tertiary/aromatic N) is 2. The molecule has 0 amide bonds. The molecule has 2 aromatic rings. The maximum atomic E-state index is 5.47. The van der Waals surface area contributed by atoms with E-state index in [0.717, 1.165) is 31.1 Å². The van der Waals surface area contributed by atoms with Gasteiger partial charge in [0.25, 0.3) is 0 Å². The molecule has 0 aliphatic heterocycles. The van der Waals surface area contributed by atoms with Crippen molar-refractivity contribution in [3.8, 4) is 5.75 Å². The molecule has 0 saturated heterocycles. The maximum Gasteiger partial charge on any atom is 0.123 e. The number of hydrogen-bond acceptors (Lipinski definition) is 3. The summed E-state index contributed by atoms with van der Waals surface area (Å²) in [6.45, 7) is 3.98. The highest BCUT2D eigenvalue weighted by Crippen LogP contribution is 2.24. The Labute approximate surface area is 126 Å². The zero-order chi connectivity index (χ0) is 14.7. The van der Waals surface area contributed by atoms with Crippen molar-refractivity contribution in [1.82, 2.24) is 14.9 Å². The molecule has 1 aliphatic rings. The van der Waals surface area contributed by atoms with E-state index in [-0.39, 0.29) is 0 Å². The van der Waals surface area contributed by atoms with Gasteiger partial charge in [0.05, 0.1) is 7.11 Å². The molecule has 112 valence electrons. The van der Waals surface area contributed by atoms with Gasteiger partial charge < -0.3 is 14.6 Å². The van der Waals surface area contributed by atoms with Crippen molar-refractivity contribution in [2.75, 3.05) is 7.11 Å². The Morgan fingerprint density at radius 1 is 1.38 bits per heavy atom. The lowest BCUT2D eigenvalue weighted by Crippen LogP contribution is -2.16. The highest BCUT2D eigenvalue weighted by Gasteiger charge is 2.20. The molecule has 0 radical (unpaired) electrons. The van der Waals surface area contributed by atoms with Crippen LogP contribution >= 0.6 is 0 Å². The first-order valence-corrected chi connectivity index (χ1v) is 7.69. The molecule has 1 aromatic carbocycles. The fourth-order valence-corrected chi connectivity index (χ4v) is 2.60. The van der Waals surface area contributed by atoms with Gasteiger partial charge in [-0.05, 0) is 31.4 Å². The molecule has 4 heteroatoms. The van der Waals surface area contributed by atoms with Gasteiger partial charge in [0.15, 0.2) is 0 Å². The fourth-order valence-electron chi connectivity index (χ4n) is 2.60. The highest BCUT2D eigenvalue weighted by atomic mass is 16.5. The summed E-state index contributed by atoms with van der Waals surface area (Å²) < 4.78 is 7.66. The van der Waals surface area contributed by atoms with E-state index in [1.165, 1.54) is 24.0 Å². The average Bonchev–Trinajstić information content (AvgIpc) is 3.24. The van der Waals surface area contributed by atoms with Crippen LogP contribution in [0.1, 0.15) is 36.7 Å². The van der Waals surface area contributed by atoms with Crippen LogP contribution in [0.4, 0.5) is 0 Å². The predicted molar refractivity (Wildman–Crippen MR) is 83.6 cm³/mol. The Hall–Kier alpha value is -1.81. The molecule has 1 fully saturated rings. The third-order valence-corrected chi connectivity index (χ3v) is 4.01. The molecule has 0 spiro atoms. The van der Waals surface area contributed by atoms with E-state index >= 15 is 0 Å². The van der Waals surface area contributed by atoms with E-state index < -0.39 is 0 Å². The van der Waals surface area contributed by atoms with E-state index in [9.17, 15) is 0 Å². The van der Waals surface area contributed by atoms with Crippen molar-refractivity contribution in [3.63, 3.8) is 0 Å². The molecule has 1 N–H and O–H groups in total. The van der Waals surface area contributed by atoms with Crippen LogP contribution in [-0.2, 0) is 19.5 Å². The van der Waals surface area contributed by atoms with Crippen molar-refractivity contribution in [2.45, 2.75) is 45.3 Å². The lowest BCUT2D eigenvalue weighted by atomic mass is 10.1. The summed E-state index contributed by atoms with van der Waals surface area (Å²) in [6, 6.07) is 7.15. The Kier molecular flexibility index (Phi) is 4.25. The van der Waals surface area contributed by atoms with Crippen molar-refractivity contribution < 1.29 is 4.74 Å². The summed E-state index contributed by atoms with van der Waals surface area (Å²) in [6.07, 6.45) is 7.37. The van der Waals surface area contributed by atoms with Gasteiger partial charge in [-0.3, -0.25) is 0 Å². The van der Waals surface area contributed by atoms with Gasteiger partial charge in [0.2, 0.25) is 0 Å². The van der Waals surface area contributed by atoms with Gasteiger partial charge in [0.1, 0.15) is 11.6 Å². The lowest BCUT2D eigenvalue weighted by molar-refractivity contribution is 0.407. The standard InChI is InChI=1S/C17H23N3O/c1-3-20-9-8-18-17(20)11-13-4-7-16(21-2)14(10-13)12-19-15-5-6-15/h4,7-10,15,19H,3,5-6,11-12H2,1-2H3. The molecular weight excluding hydrogens is 262 g/mol. The third kappa shape index (κ3) is 3.45. The molecule has 0 bridgehead atoms. The van der Waals surface area contributed by atoms with E-state index in [1.807, 2.05) is 12.4 Å². The quantitative estimate of drug-likeness (QED) is 0.850. The smallest absolute Gasteiger partial charge is 0.123 e. The molecule has 1 heterocycles. The number of rotatable bonds is 7. The first kappa shape index (κ1) is 14.1. The first-order valence-electron chi connectivity index (χ1n) is 7.69. The molecule has 1 aliphatic carbocycles. The van der Waals surface area contributed by atoms with E-state index in [1.54, 1.807) is 7.11 Å². The minimum absolute atomic E-state index is 0.706. The Balaban J connectivity index is 1.76. The minimum Gasteiger partial charge on any atom is -0.496 e. The van der Waals surface area contributed by atoms with Crippen LogP contribution in [-0.4, -0.2) is 22.7 Å². The van der Waals surface area contributed by atoms with Crippen LogP contribution in [0.2, 0.25) is 0 Å². The molecule has 3 rings (SSSR count). The predicted octanol–water partition coefficient (Wildman–Crippen LogP) is 2.75. The van der Waals surface area contributed by atoms with Crippen molar-refractivity contribution >= 4 is 0 Å². The van der Waals surface area contributed by atoms with Gasteiger partial charge >= 0.3 is 0 Å². The second-order valence-corrected chi connectivity index (χ2v) is 5.61. The Morgan fingerprint density at radius 2 is 2.24 bits per heavy atom. The summed E-state index contributed by atoms with van der Waals surface area (Å²) in [7, 11) is 1.74. The zero-order valence-corrected chi connectivity index (χ0v) is 12.8. The Morgan fingerprint density at radius 3 is 2.95 bits per heavy atom. The average molecular weight is 285 g/mol. The first-order chi connectivity index (χ1) is 10.3. The van der Waals surface area contributed by atoms with Gasteiger partial charge in [-0.1, -0.05) is 12.1 Å². The molecular formula is C17H23N3O. The summed E-state index contributed by atoms with van der Waals surface area (Å²) in [5, 5.41) is 3.56. The summed E-state index contributed by atoms with van der Waals surface area (Å²) in [5.41, 5.74) is 2.51. The van der Waals surface area contributed by atoms with Crippen LogP contribution in [0.25, 0.3) is 0 Å². The minimum atomic E-state index is 0.706. The zero-order valence-electron chi connectivity index (χ0n) is 12.8. The van der Waals surface area contributed by atoms with Crippen LogP contribution in [0.3, 0.4) is 0 Å². The largest absolute Gasteiger partial charge is 0.496 e. The molecule has 21 heavy (non-hydrogen) atoms. The van der Waals surface area contributed by atoms with Crippen molar-refractivity contribution in [3.05, 3.63) is 47.5 Å². The van der Waals surface area contributed by atoms with Gasteiger partial charge in [-0.2, -0.15) is 0 Å². The van der Waals surface area contributed by atoms with Crippen LogP contribution in [0, 0.1) is 0 Å². The number of methoxy groups -OCH3 is 1. The normalized spacial score (nSPS) is 14.4. The number of nitrogens with one attached hydrogen (secondary N) is 1. The van der Waals surface area contributed by atoms with Crippen LogP contribution in [0.5, 0.6) is 5.75 Å². The summed E-state index contributed by atoms with van der Waals surface area (Å²) in [4.78, 5) is 4.45. The SMILES string of the molecule is CCn1ccnc1Cc1ccc(OC)c(CNC2CC2)c1. The summed E-state index contributed by atoms with van der Waals surface area (Å²) in [5.74, 6) is 2.08. The number of benzene rings is 1. The molecule has 4 nitrogen and oxygen atoms in total. The van der Waals surface area contributed by atoms with Crippen molar-refractivity contribution in [1.29, 1.82) is 0 Å². The van der Waals surface area contributed by atoms with Gasteiger partial charge in [-0.15, -0.1) is 0 Å². The van der Waals surface area contributed by atoms with Crippen LogP contribution in [0.15, 0.2) is 30.6 Å². The highest BCUT2D eigenvalue weighted by molar-refractivity contribution is 5.38. The number of imidazole rings is 1. The molecule has 0 unspecified atom stereocenters. The second-order valence-electron chi connectivity index (χ2n) is 5.61. The summed E-state index contributed by atoms with van der Waals surface area (Å²) >= 11 is 0. The third-order valence-electron chi connectivity index (χ3n) is 4.01. The van der Waals surface area contributed by atoms with Gasteiger partial charge in [-0.25, -0.2) is 4.98 Å². The molecule has 1 saturated carbocycles. The number of hydrogen-bond donors (Lipinski definition) is 1. The molecule has 0 atom stereocenters. The number of aryl methyl sites for hydroxylation is 1. The lowest BCUT2D eigenvalue weighted by Gasteiger charge is -2.12. The number of ether oxygens (including phenoxy) is 1. The van der Waals surface area contributed by atoms with E-state index in [2.05, 4.69) is 40.0 Å². The maximum absolute atomic E-state index is 5.47. The monoisotopic (exact) mass is 285 g/mol. The fraction of sp³-hybridized carbons (Fsp3) is 0.471. The van der Waals surface area contributed by atoms with Crippen LogP contribution < -0.4 is 10.1 Å². The van der Waals surface area contributed by atoms with Crippen molar-refractivity contribution in [2.24, 2.45) is 0 Å². The second kappa shape index (κ2) is 6.31. The number of aromatic nitrogens is 2. The Bertz CT molecular complexity index is 602. The van der Waals surface area contributed by atoms with E-state index in [4.69, 9.17) is 4.74 Å².